The van der Waals surface area contributed by atoms with Crippen LogP contribution in [-0.4, -0.2) is 25.4 Å². The predicted molar refractivity (Wildman–Crippen MR) is 92.2 cm³/mol. The van der Waals surface area contributed by atoms with E-state index >= 15 is 0 Å². The van der Waals surface area contributed by atoms with E-state index in [4.69, 9.17) is 5.14 Å². The Hall–Kier alpha value is -2.25. The van der Waals surface area contributed by atoms with Crippen molar-refractivity contribution >= 4 is 15.9 Å². The Labute approximate surface area is 142 Å². The number of amides is 1. The average molecular weight is 347 g/mol. The quantitative estimate of drug-likeness (QED) is 0.859. The van der Waals surface area contributed by atoms with E-state index < -0.39 is 10.0 Å². The zero-order chi connectivity index (χ0) is 17.9. The molecule has 128 valence electrons. The maximum absolute atomic E-state index is 12.4. The van der Waals surface area contributed by atoms with Gasteiger partial charge in [0, 0.05) is 24.0 Å². The molecule has 1 atom stereocenters. The minimum Gasteiger partial charge on any atom is -0.349 e. The molecule has 0 aliphatic carbocycles. The van der Waals surface area contributed by atoms with Crippen LogP contribution in [0.4, 0.5) is 0 Å². The van der Waals surface area contributed by atoms with Crippen LogP contribution in [0.1, 0.15) is 34.0 Å². The molecule has 6 nitrogen and oxygen atoms in total. The SMILES string of the molecule is Cc1cc(C(=O)NC(C)Cc2ccncc2)cc(S(N)(=O)=O)c1C. The number of nitrogens with one attached hydrogen (secondary N) is 1. The molecule has 0 saturated carbocycles. The van der Waals surface area contributed by atoms with Crippen molar-refractivity contribution < 1.29 is 13.2 Å². The number of rotatable bonds is 5. The fraction of sp³-hybridized carbons (Fsp3) is 0.294. The van der Waals surface area contributed by atoms with E-state index in [0.29, 0.717) is 17.5 Å². The zero-order valence-electron chi connectivity index (χ0n) is 13.9. The number of hydrogen-bond donors (Lipinski definition) is 2. The Morgan fingerprint density at radius 3 is 2.46 bits per heavy atom. The van der Waals surface area contributed by atoms with Crippen LogP contribution in [-0.2, 0) is 16.4 Å². The van der Waals surface area contributed by atoms with Crippen molar-refractivity contribution in [2.45, 2.75) is 38.1 Å². The molecule has 1 heterocycles. The van der Waals surface area contributed by atoms with Gasteiger partial charge in [0.15, 0.2) is 0 Å². The molecule has 0 saturated heterocycles. The molecule has 0 radical (unpaired) electrons. The summed E-state index contributed by atoms with van der Waals surface area (Å²) in [6.45, 7) is 5.31. The summed E-state index contributed by atoms with van der Waals surface area (Å²) in [7, 11) is -3.88. The molecule has 0 aliphatic heterocycles. The van der Waals surface area contributed by atoms with Gasteiger partial charge in [-0.1, -0.05) is 0 Å². The number of aromatic nitrogens is 1. The number of hydrogen-bond acceptors (Lipinski definition) is 4. The first kappa shape index (κ1) is 18.1. The molecule has 1 aromatic carbocycles. The van der Waals surface area contributed by atoms with E-state index in [1.807, 2.05) is 19.1 Å². The van der Waals surface area contributed by atoms with Crippen LogP contribution < -0.4 is 10.5 Å². The molecule has 2 rings (SSSR count). The van der Waals surface area contributed by atoms with Crippen LogP contribution in [0.2, 0.25) is 0 Å². The van der Waals surface area contributed by atoms with E-state index in [1.165, 1.54) is 6.07 Å². The van der Waals surface area contributed by atoms with E-state index in [-0.39, 0.29) is 22.4 Å². The smallest absolute Gasteiger partial charge is 0.251 e. The number of carbonyl (C=O) groups excluding carboxylic acids is 1. The second-order valence-electron chi connectivity index (χ2n) is 5.90. The lowest BCUT2D eigenvalue weighted by atomic mass is 10.0. The lowest BCUT2D eigenvalue weighted by Crippen LogP contribution is -2.34. The molecule has 1 unspecified atom stereocenters. The van der Waals surface area contributed by atoms with Crippen molar-refractivity contribution in [2.75, 3.05) is 0 Å². The van der Waals surface area contributed by atoms with Crippen LogP contribution in [0.15, 0.2) is 41.6 Å². The van der Waals surface area contributed by atoms with Gasteiger partial charge in [0.1, 0.15) is 0 Å². The number of primary sulfonamides is 1. The predicted octanol–water partition coefficient (Wildman–Crippen LogP) is 1.71. The fourth-order valence-electron chi connectivity index (χ4n) is 2.48. The monoisotopic (exact) mass is 347 g/mol. The molecule has 0 aliphatic rings. The van der Waals surface area contributed by atoms with E-state index in [0.717, 1.165) is 5.56 Å². The van der Waals surface area contributed by atoms with Crippen LogP contribution in [0, 0.1) is 13.8 Å². The van der Waals surface area contributed by atoms with Gasteiger partial charge < -0.3 is 5.32 Å². The van der Waals surface area contributed by atoms with Crippen molar-refractivity contribution in [3.05, 3.63) is 58.9 Å². The van der Waals surface area contributed by atoms with Crippen molar-refractivity contribution in [3.8, 4) is 0 Å². The summed E-state index contributed by atoms with van der Waals surface area (Å²) < 4.78 is 23.4. The first-order valence-electron chi connectivity index (χ1n) is 7.52. The second kappa shape index (κ2) is 7.11. The number of pyridine rings is 1. The summed E-state index contributed by atoms with van der Waals surface area (Å²) in [6, 6.07) is 6.65. The van der Waals surface area contributed by atoms with Gasteiger partial charge in [-0.3, -0.25) is 9.78 Å². The third kappa shape index (κ3) is 4.39. The lowest BCUT2D eigenvalue weighted by Gasteiger charge is -2.15. The minimum absolute atomic E-state index is 0.0190. The maximum Gasteiger partial charge on any atom is 0.251 e. The van der Waals surface area contributed by atoms with Crippen LogP contribution in [0.25, 0.3) is 0 Å². The Balaban J connectivity index is 2.19. The molecular formula is C17H21N3O3S. The Morgan fingerprint density at radius 2 is 1.88 bits per heavy atom. The lowest BCUT2D eigenvalue weighted by molar-refractivity contribution is 0.0940. The third-order valence-electron chi connectivity index (χ3n) is 3.86. The third-order valence-corrected chi connectivity index (χ3v) is 4.89. The Morgan fingerprint density at radius 1 is 1.25 bits per heavy atom. The Bertz CT molecular complexity index is 849. The highest BCUT2D eigenvalue weighted by atomic mass is 32.2. The van der Waals surface area contributed by atoms with Crippen LogP contribution in [0.5, 0.6) is 0 Å². The number of nitrogens with zero attached hydrogens (tertiary/aromatic N) is 1. The fourth-order valence-corrected chi connectivity index (χ4v) is 3.36. The average Bonchev–Trinajstić information content (AvgIpc) is 2.49. The molecule has 7 heteroatoms. The number of aryl methyl sites for hydroxylation is 1. The summed E-state index contributed by atoms with van der Waals surface area (Å²) in [5, 5.41) is 8.11. The van der Waals surface area contributed by atoms with E-state index in [9.17, 15) is 13.2 Å². The van der Waals surface area contributed by atoms with Gasteiger partial charge >= 0.3 is 0 Å². The summed E-state index contributed by atoms with van der Waals surface area (Å²) in [4.78, 5) is 16.4. The van der Waals surface area contributed by atoms with Crippen LogP contribution in [0.3, 0.4) is 0 Å². The summed E-state index contributed by atoms with van der Waals surface area (Å²) in [5.41, 5.74) is 2.60. The Kier molecular flexibility index (Phi) is 5.36. The number of carbonyl (C=O) groups is 1. The highest BCUT2D eigenvalue weighted by Gasteiger charge is 2.18. The van der Waals surface area contributed by atoms with Gasteiger partial charge in [0.05, 0.1) is 4.90 Å². The first-order chi connectivity index (χ1) is 11.2. The van der Waals surface area contributed by atoms with E-state index in [2.05, 4.69) is 10.3 Å². The van der Waals surface area contributed by atoms with Crippen molar-refractivity contribution in [1.29, 1.82) is 0 Å². The minimum atomic E-state index is -3.88. The first-order valence-corrected chi connectivity index (χ1v) is 9.07. The number of sulfonamides is 1. The number of benzene rings is 1. The van der Waals surface area contributed by atoms with Crippen molar-refractivity contribution in [2.24, 2.45) is 5.14 Å². The van der Waals surface area contributed by atoms with Gasteiger partial charge in [0.2, 0.25) is 10.0 Å². The summed E-state index contributed by atoms with van der Waals surface area (Å²) in [6.07, 6.45) is 4.05. The summed E-state index contributed by atoms with van der Waals surface area (Å²) in [5.74, 6) is -0.329. The largest absolute Gasteiger partial charge is 0.349 e. The van der Waals surface area contributed by atoms with Gasteiger partial charge in [0.25, 0.3) is 5.91 Å². The highest BCUT2D eigenvalue weighted by Crippen LogP contribution is 2.20. The topological polar surface area (TPSA) is 102 Å². The standard InChI is InChI=1S/C17H21N3O3S/c1-11-8-15(10-16(13(11)3)24(18,22)23)17(21)20-12(2)9-14-4-6-19-7-5-14/h4-8,10,12H,9H2,1-3H3,(H,20,21)(H2,18,22,23). The molecule has 3 N–H and O–H groups in total. The van der Waals surface area contributed by atoms with Crippen LogP contribution >= 0.6 is 0 Å². The van der Waals surface area contributed by atoms with Gasteiger partial charge in [-0.05, 0) is 68.1 Å². The molecule has 24 heavy (non-hydrogen) atoms. The molecule has 1 aromatic heterocycles. The van der Waals surface area contributed by atoms with Gasteiger partial charge in [-0.2, -0.15) is 0 Å². The van der Waals surface area contributed by atoms with Crippen molar-refractivity contribution in [3.63, 3.8) is 0 Å². The van der Waals surface area contributed by atoms with Gasteiger partial charge in [-0.25, -0.2) is 13.6 Å². The van der Waals surface area contributed by atoms with Crippen molar-refractivity contribution in [1.82, 2.24) is 10.3 Å². The number of nitrogens with two attached hydrogens (primary N) is 1. The molecule has 1 amide bonds. The molecule has 0 spiro atoms. The molecule has 2 aromatic rings. The van der Waals surface area contributed by atoms with Gasteiger partial charge in [-0.15, -0.1) is 0 Å². The molecule has 0 fully saturated rings. The molecule has 0 bridgehead atoms. The molecular weight excluding hydrogens is 326 g/mol. The highest BCUT2D eigenvalue weighted by molar-refractivity contribution is 7.89. The van der Waals surface area contributed by atoms with E-state index in [1.54, 1.807) is 32.3 Å². The second-order valence-corrected chi connectivity index (χ2v) is 7.43. The maximum atomic E-state index is 12.4. The summed E-state index contributed by atoms with van der Waals surface area (Å²) >= 11 is 0. The zero-order valence-corrected chi connectivity index (χ0v) is 14.7. The normalized spacial score (nSPS) is 12.7.